The van der Waals surface area contributed by atoms with Gasteiger partial charge in [-0.3, -0.25) is 0 Å². The SMILES string of the molecule is CC(C)N(C)C(=O)O.c1ccccc1. The maximum Gasteiger partial charge on any atom is 0.407 e. The highest BCUT2D eigenvalue weighted by atomic mass is 16.4. The van der Waals surface area contributed by atoms with Crippen molar-refractivity contribution in [1.29, 1.82) is 0 Å². The first-order valence-corrected chi connectivity index (χ1v) is 4.51. The zero-order valence-electron chi connectivity index (χ0n) is 8.84. The van der Waals surface area contributed by atoms with Gasteiger partial charge in [0, 0.05) is 13.1 Å². The van der Waals surface area contributed by atoms with E-state index in [-0.39, 0.29) is 6.04 Å². The maximum absolute atomic E-state index is 10.1. The minimum atomic E-state index is -0.875. The molecule has 3 nitrogen and oxygen atoms in total. The number of benzene rings is 1. The van der Waals surface area contributed by atoms with Crippen molar-refractivity contribution in [2.45, 2.75) is 19.9 Å². The molecule has 0 fully saturated rings. The van der Waals surface area contributed by atoms with Gasteiger partial charge >= 0.3 is 6.09 Å². The Bertz CT molecular complexity index is 220. The van der Waals surface area contributed by atoms with E-state index in [0.29, 0.717) is 0 Å². The van der Waals surface area contributed by atoms with Gasteiger partial charge in [0.05, 0.1) is 0 Å². The Kier molecular flexibility index (Phi) is 6.20. The lowest BCUT2D eigenvalue weighted by Gasteiger charge is -2.16. The molecule has 0 aromatic heterocycles. The van der Waals surface area contributed by atoms with Crippen molar-refractivity contribution in [2.75, 3.05) is 7.05 Å². The molecule has 0 aliphatic carbocycles. The molecule has 0 saturated carbocycles. The molecule has 0 spiro atoms. The van der Waals surface area contributed by atoms with Crippen molar-refractivity contribution >= 4 is 6.09 Å². The average Bonchev–Trinajstić information content (AvgIpc) is 2.20. The van der Waals surface area contributed by atoms with Gasteiger partial charge < -0.3 is 10.0 Å². The summed E-state index contributed by atoms with van der Waals surface area (Å²) in [6.07, 6.45) is -0.875. The molecule has 1 amide bonds. The molecule has 0 atom stereocenters. The number of nitrogens with zero attached hydrogens (tertiary/aromatic N) is 1. The van der Waals surface area contributed by atoms with Gasteiger partial charge in [0.1, 0.15) is 0 Å². The van der Waals surface area contributed by atoms with Crippen molar-refractivity contribution in [2.24, 2.45) is 0 Å². The predicted molar refractivity (Wildman–Crippen MR) is 57.4 cm³/mol. The van der Waals surface area contributed by atoms with E-state index in [1.165, 1.54) is 4.90 Å². The Balaban J connectivity index is 0.000000249. The summed E-state index contributed by atoms with van der Waals surface area (Å²) in [7, 11) is 1.55. The number of rotatable bonds is 1. The molecule has 1 aromatic rings. The quantitative estimate of drug-likeness (QED) is 0.748. The van der Waals surface area contributed by atoms with Crippen LogP contribution in [0.2, 0.25) is 0 Å². The fraction of sp³-hybridized carbons (Fsp3) is 0.364. The number of hydrogen-bond acceptors (Lipinski definition) is 1. The standard InChI is InChI=1S/C6H6.C5H11NO2/c1-2-4-6-5-3-1;1-4(2)6(3)5(7)8/h1-6H;4H,1-3H3,(H,7,8). The molecule has 0 saturated heterocycles. The van der Waals surface area contributed by atoms with Gasteiger partial charge in [-0.25, -0.2) is 4.79 Å². The Morgan fingerprint density at radius 2 is 1.36 bits per heavy atom. The molecule has 0 heterocycles. The molecular weight excluding hydrogens is 178 g/mol. The monoisotopic (exact) mass is 195 g/mol. The van der Waals surface area contributed by atoms with Crippen LogP contribution in [-0.2, 0) is 0 Å². The van der Waals surface area contributed by atoms with Crippen LogP contribution in [0.3, 0.4) is 0 Å². The lowest BCUT2D eigenvalue weighted by atomic mass is 10.4. The van der Waals surface area contributed by atoms with Gasteiger partial charge in [0.2, 0.25) is 0 Å². The second-order valence-corrected chi connectivity index (χ2v) is 3.14. The molecule has 0 aliphatic rings. The molecule has 3 heteroatoms. The summed E-state index contributed by atoms with van der Waals surface area (Å²) >= 11 is 0. The van der Waals surface area contributed by atoms with E-state index in [1.807, 2.05) is 50.2 Å². The molecule has 0 aliphatic heterocycles. The number of carboxylic acid groups (broad SMARTS) is 1. The second kappa shape index (κ2) is 6.95. The van der Waals surface area contributed by atoms with Gasteiger partial charge in [-0.1, -0.05) is 36.4 Å². The molecule has 1 rings (SSSR count). The first-order chi connectivity index (χ1) is 6.55. The van der Waals surface area contributed by atoms with Gasteiger partial charge in [0.15, 0.2) is 0 Å². The third-order valence-corrected chi connectivity index (χ3v) is 1.74. The van der Waals surface area contributed by atoms with Crippen molar-refractivity contribution < 1.29 is 9.90 Å². The summed E-state index contributed by atoms with van der Waals surface area (Å²) in [5, 5.41) is 8.28. The Labute approximate surface area is 85.0 Å². The highest BCUT2D eigenvalue weighted by Gasteiger charge is 2.07. The molecule has 1 aromatic carbocycles. The first-order valence-electron chi connectivity index (χ1n) is 4.51. The molecule has 0 radical (unpaired) electrons. The number of carbonyl (C=O) groups is 1. The summed E-state index contributed by atoms with van der Waals surface area (Å²) in [6.45, 7) is 3.66. The third-order valence-electron chi connectivity index (χ3n) is 1.74. The molecule has 78 valence electrons. The minimum absolute atomic E-state index is 0.0764. The smallest absolute Gasteiger partial charge is 0.407 e. The van der Waals surface area contributed by atoms with Crippen LogP contribution in [0.4, 0.5) is 4.79 Å². The topological polar surface area (TPSA) is 40.5 Å². The Hall–Kier alpha value is -1.51. The van der Waals surface area contributed by atoms with E-state index in [0.717, 1.165) is 0 Å². The highest BCUT2D eigenvalue weighted by molar-refractivity contribution is 5.64. The third kappa shape index (κ3) is 6.06. The largest absolute Gasteiger partial charge is 0.465 e. The normalized spacial score (nSPS) is 8.86. The van der Waals surface area contributed by atoms with Gasteiger partial charge in [-0.15, -0.1) is 0 Å². The highest BCUT2D eigenvalue weighted by Crippen LogP contribution is 1.91. The molecule has 14 heavy (non-hydrogen) atoms. The molecular formula is C11H17NO2. The van der Waals surface area contributed by atoms with E-state index in [4.69, 9.17) is 5.11 Å². The zero-order chi connectivity index (χ0) is 11.0. The van der Waals surface area contributed by atoms with Crippen LogP contribution >= 0.6 is 0 Å². The fourth-order valence-corrected chi connectivity index (χ4v) is 0.606. The second-order valence-electron chi connectivity index (χ2n) is 3.14. The molecule has 0 bridgehead atoms. The average molecular weight is 195 g/mol. The summed E-state index contributed by atoms with van der Waals surface area (Å²) < 4.78 is 0. The van der Waals surface area contributed by atoms with Crippen LogP contribution in [0.1, 0.15) is 13.8 Å². The number of amides is 1. The minimum Gasteiger partial charge on any atom is -0.465 e. The van der Waals surface area contributed by atoms with Gasteiger partial charge in [-0.05, 0) is 13.8 Å². The summed E-state index contributed by atoms with van der Waals surface area (Å²) in [5.74, 6) is 0. The fourth-order valence-electron chi connectivity index (χ4n) is 0.606. The summed E-state index contributed by atoms with van der Waals surface area (Å²) in [6, 6.07) is 12.1. The Morgan fingerprint density at radius 1 is 1.07 bits per heavy atom. The number of hydrogen-bond donors (Lipinski definition) is 1. The maximum atomic E-state index is 10.1. The van der Waals surface area contributed by atoms with Crippen LogP contribution < -0.4 is 0 Å². The van der Waals surface area contributed by atoms with E-state index in [9.17, 15) is 4.79 Å². The van der Waals surface area contributed by atoms with Crippen molar-refractivity contribution in [3.8, 4) is 0 Å². The van der Waals surface area contributed by atoms with Crippen LogP contribution in [0.15, 0.2) is 36.4 Å². The van der Waals surface area contributed by atoms with Crippen LogP contribution in [0.25, 0.3) is 0 Å². The van der Waals surface area contributed by atoms with Gasteiger partial charge in [0.25, 0.3) is 0 Å². The lowest BCUT2D eigenvalue weighted by molar-refractivity contribution is 0.145. The van der Waals surface area contributed by atoms with E-state index in [1.54, 1.807) is 7.05 Å². The molecule has 1 N–H and O–H groups in total. The Morgan fingerprint density at radius 3 is 1.43 bits per heavy atom. The molecule has 0 unspecified atom stereocenters. The lowest BCUT2D eigenvalue weighted by Crippen LogP contribution is -2.31. The van der Waals surface area contributed by atoms with Crippen molar-refractivity contribution in [1.82, 2.24) is 4.90 Å². The van der Waals surface area contributed by atoms with Crippen molar-refractivity contribution in [3.05, 3.63) is 36.4 Å². The zero-order valence-corrected chi connectivity index (χ0v) is 8.84. The predicted octanol–water partition coefficient (Wildman–Crippen LogP) is 2.69. The van der Waals surface area contributed by atoms with Crippen molar-refractivity contribution in [3.63, 3.8) is 0 Å². The first kappa shape index (κ1) is 12.5. The van der Waals surface area contributed by atoms with E-state index < -0.39 is 6.09 Å². The van der Waals surface area contributed by atoms with Crippen LogP contribution in [0.5, 0.6) is 0 Å². The van der Waals surface area contributed by atoms with E-state index in [2.05, 4.69) is 0 Å². The van der Waals surface area contributed by atoms with E-state index >= 15 is 0 Å². The van der Waals surface area contributed by atoms with Crippen LogP contribution in [-0.4, -0.2) is 29.2 Å². The summed E-state index contributed by atoms with van der Waals surface area (Å²) in [4.78, 5) is 11.3. The summed E-state index contributed by atoms with van der Waals surface area (Å²) in [5.41, 5.74) is 0. The van der Waals surface area contributed by atoms with Crippen LogP contribution in [0, 0.1) is 0 Å². The van der Waals surface area contributed by atoms with Gasteiger partial charge in [-0.2, -0.15) is 0 Å².